The van der Waals surface area contributed by atoms with Gasteiger partial charge < -0.3 is 10.2 Å². The van der Waals surface area contributed by atoms with Crippen molar-refractivity contribution in [1.82, 2.24) is 15.2 Å². The summed E-state index contributed by atoms with van der Waals surface area (Å²) in [6.07, 6.45) is 0. The van der Waals surface area contributed by atoms with Crippen molar-refractivity contribution in [3.63, 3.8) is 0 Å². The van der Waals surface area contributed by atoms with Gasteiger partial charge in [0.2, 0.25) is 0 Å². The quantitative estimate of drug-likeness (QED) is 0.872. The third-order valence-electron chi connectivity index (χ3n) is 2.77. The molecule has 100 valence electrons. The third-order valence-corrected chi connectivity index (χ3v) is 2.97. The fourth-order valence-electron chi connectivity index (χ4n) is 1.82. The zero-order valence-electron chi connectivity index (χ0n) is 11.0. The van der Waals surface area contributed by atoms with E-state index in [0.717, 1.165) is 17.4 Å². The van der Waals surface area contributed by atoms with Crippen molar-refractivity contribution < 1.29 is 4.79 Å². The number of hydrogen-bond donors (Lipinski definition) is 1. The molecule has 5 heteroatoms. The smallest absolute Gasteiger partial charge is 0.252 e. The molecule has 0 unspecified atom stereocenters. The molecule has 1 aromatic heterocycles. The zero-order chi connectivity index (χ0) is 13.8. The summed E-state index contributed by atoms with van der Waals surface area (Å²) >= 11 is 5.95. The Bertz CT molecular complexity index is 598. The van der Waals surface area contributed by atoms with Crippen molar-refractivity contribution in [3.8, 4) is 0 Å². The van der Waals surface area contributed by atoms with Gasteiger partial charge >= 0.3 is 0 Å². The van der Waals surface area contributed by atoms with Crippen LogP contribution in [0.2, 0.25) is 5.15 Å². The minimum Gasteiger partial charge on any atom is -0.351 e. The van der Waals surface area contributed by atoms with E-state index >= 15 is 0 Å². The van der Waals surface area contributed by atoms with Gasteiger partial charge in [-0.2, -0.15) is 0 Å². The van der Waals surface area contributed by atoms with Gasteiger partial charge in [-0.1, -0.05) is 29.8 Å². The SMILES string of the molecule is CN(C)CCNC(=O)c1cc(Cl)nc2ccccc12. The highest BCUT2D eigenvalue weighted by atomic mass is 35.5. The Morgan fingerprint density at radius 3 is 2.84 bits per heavy atom. The van der Waals surface area contributed by atoms with Crippen molar-refractivity contribution in [2.24, 2.45) is 0 Å². The molecular weight excluding hydrogens is 262 g/mol. The van der Waals surface area contributed by atoms with E-state index < -0.39 is 0 Å². The van der Waals surface area contributed by atoms with Gasteiger partial charge in [0.1, 0.15) is 5.15 Å². The Labute approximate surface area is 117 Å². The number of nitrogens with one attached hydrogen (secondary N) is 1. The predicted molar refractivity (Wildman–Crippen MR) is 77.6 cm³/mol. The number of carbonyl (C=O) groups is 1. The highest BCUT2D eigenvalue weighted by Gasteiger charge is 2.11. The number of para-hydroxylation sites is 1. The maximum Gasteiger partial charge on any atom is 0.252 e. The largest absolute Gasteiger partial charge is 0.351 e. The number of amides is 1. The van der Waals surface area contributed by atoms with Crippen molar-refractivity contribution in [2.75, 3.05) is 27.2 Å². The summed E-state index contributed by atoms with van der Waals surface area (Å²) in [5.74, 6) is -0.123. The molecule has 2 rings (SSSR count). The molecule has 0 radical (unpaired) electrons. The van der Waals surface area contributed by atoms with Gasteiger partial charge in [-0.3, -0.25) is 4.79 Å². The van der Waals surface area contributed by atoms with Crippen LogP contribution in [0.1, 0.15) is 10.4 Å². The van der Waals surface area contributed by atoms with Crippen molar-refractivity contribution in [3.05, 3.63) is 41.0 Å². The first-order chi connectivity index (χ1) is 9.08. The molecule has 0 saturated heterocycles. The molecule has 0 aliphatic heterocycles. The molecule has 1 aromatic carbocycles. The molecular formula is C14H16ClN3O. The lowest BCUT2D eigenvalue weighted by molar-refractivity contribution is 0.0952. The Morgan fingerprint density at radius 1 is 1.37 bits per heavy atom. The van der Waals surface area contributed by atoms with Crippen LogP contribution < -0.4 is 5.32 Å². The number of halogens is 1. The number of benzene rings is 1. The highest BCUT2D eigenvalue weighted by Crippen LogP contribution is 2.20. The Hall–Kier alpha value is -1.65. The lowest BCUT2D eigenvalue weighted by atomic mass is 10.1. The average Bonchev–Trinajstić information content (AvgIpc) is 2.37. The van der Waals surface area contributed by atoms with E-state index in [1.54, 1.807) is 6.07 Å². The molecule has 19 heavy (non-hydrogen) atoms. The van der Waals surface area contributed by atoms with Crippen LogP contribution in [0, 0.1) is 0 Å². The van der Waals surface area contributed by atoms with Crippen molar-refractivity contribution in [1.29, 1.82) is 0 Å². The van der Waals surface area contributed by atoms with E-state index in [1.165, 1.54) is 0 Å². The minimum atomic E-state index is -0.123. The fourth-order valence-corrected chi connectivity index (χ4v) is 2.02. The van der Waals surface area contributed by atoms with Gasteiger partial charge in [-0.05, 0) is 26.2 Å². The van der Waals surface area contributed by atoms with Gasteiger partial charge in [-0.15, -0.1) is 0 Å². The van der Waals surface area contributed by atoms with E-state index in [9.17, 15) is 4.79 Å². The topological polar surface area (TPSA) is 45.2 Å². The molecule has 0 bridgehead atoms. The lowest BCUT2D eigenvalue weighted by Crippen LogP contribution is -2.31. The van der Waals surface area contributed by atoms with Crippen LogP contribution in [0.4, 0.5) is 0 Å². The maximum absolute atomic E-state index is 12.2. The van der Waals surface area contributed by atoms with Crippen molar-refractivity contribution >= 4 is 28.4 Å². The molecule has 1 amide bonds. The number of hydrogen-bond acceptors (Lipinski definition) is 3. The second kappa shape index (κ2) is 5.99. The summed E-state index contributed by atoms with van der Waals surface area (Å²) in [6, 6.07) is 9.08. The first kappa shape index (κ1) is 13.8. The van der Waals surface area contributed by atoms with Crippen LogP contribution in [0.5, 0.6) is 0 Å². The number of nitrogens with zero attached hydrogens (tertiary/aromatic N) is 2. The molecule has 0 aliphatic carbocycles. The Morgan fingerprint density at radius 2 is 2.11 bits per heavy atom. The summed E-state index contributed by atoms with van der Waals surface area (Å²) in [6.45, 7) is 1.39. The normalized spacial score (nSPS) is 10.9. The fraction of sp³-hybridized carbons (Fsp3) is 0.286. The van der Waals surface area contributed by atoms with Gasteiger partial charge in [0.25, 0.3) is 5.91 Å². The molecule has 0 aliphatic rings. The van der Waals surface area contributed by atoms with E-state index in [-0.39, 0.29) is 5.91 Å². The highest BCUT2D eigenvalue weighted by molar-refractivity contribution is 6.30. The van der Waals surface area contributed by atoms with Crippen LogP contribution in [-0.2, 0) is 0 Å². The van der Waals surface area contributed by atoms with Gasteiger partial charge in [0.15, 0.2) is 0 Å². The van der Waals surface area contributed by atoms with Crippen LogP contribution in [0.25, 0.3) is 10.9 Å². The summed E-state index contributed by atoms with van der Waals surface area (Å²) in [5.41, 5.74) is 1.29. The first-order valence-electron chi connectivity index (χ1n) is 6.06. The monoisotopic (exact) mass is 277 g/mol. The number of fused-ring (bicyclic) bond motifs is 1. The third kappa shape index (κ3) is 3.43. The second-order valence-corrected chi connectivity index (χ2v) is 4.96. The molecule has 0 fully saturated rings. The summed E-state index contributed by atoms with van der Waals surface area (Å²) < 4.78 is 0. The summed E-state index contributed by atoms with van der Waals surface area (Å²) in [4.78, 5) is 18.4. The minimum absolute atomic E-state index is 0.123. The molecule has 4 nitrogen and oxygen atoms in total. The molecule has 1 heterocycles. The van der Waals surface area contributed by atoms with Crippen LogP contribution >= 0.6 is 11.6 Å². The van der Waals surface area contributed by atoms with E-state index in [4.69, 9.17) is 11.6 Å². The zero-order valence-corrected chi connectivity index (χ0v) is 11.7. The summed E-state index contributed by atoms with van der Waals surface area (Å²) in [7, 11) is 3.93. The molecule has 0 spiro atoms. The Balaban J connectivity index is 2.26. The standard InChI is InChI=1S/C14H16ClN3O/c1-18(2)8-7-16-14(19)11-9-13(15)17-12-6-4-3-5-10(11)12/h3-6,9H,7-8H2,1-2H3,(H,16,19). The van der Waals surface area contributed by atoms with Crippen LogP contribution in [0.3, 0.4) is 0 Å². The van der Waals surface area contributed by atoms with Gasteiger partial charge in [0.05, 0.1) is 11.1 Å². The molecule has 2 aromatic rings. The lowest BCUT2D eigenvalue weighted by Gasteiger charge is -2.11. The maximum atomic E-state index is 12.2. The number of pyridine rings is 1. The average molecular weight is 278 g/mol. The number of likely N-dealkylation sites (N-methyl/N-ethyl adjacent to an activating group) is 1. The number of carbonyl (C=O) groups excluding carboxylic acids is 1. The predicted octanol–water partition coefficient (Wildman–Crippen LogP) is 2.18. The summed E-state index contributed by atoms with van der Waals surface area (Å²) in [5, 5.41) is 4.03. The molecule has 0 saturated carbocycles. The van der Waals surface area contributed by atoms with E-state index in [0.29, 0.717) is 17.3 Å². The number of rotatable bonds is 4. The van der Waals surface area contributed by atoms with E-state index in [2.05, 4.69) is 10.3 Å². The molecule has 1 N–H and O–H groups in total. The number of aromatic nitrogens is 1. The Kier molecular flexibility index (Phi) is 4.35. The molecule has 0 atom stereocenters. The first-order valence-corrected chi connectivity index (χ1v) is 6.44. The van der Waals surface area contributed by atoms with Gasteiger partial charge in [-0.25, -0.2) is 4.98 Å². The second-order valence-electron chi connectivity index (χ2n) is 4.57. The van der Waals surface area contributed by atoms with Crippen molar-refractivity contribution in [2.45, 2.75) is 0 Å². The van der Waals surface area contributed by atoms with Gasteiger partial charge in [0, 0.05) is 18.5 Å². The van der Waals surface area contributed by atoms with E-state index in [1.807, 2.05) is 43.3 Å². The van der Waals surface area contributed by atoms with Crippen LogP contribution in [-0.4, -0.2) is 43.0 Å². The van der Waals surface area contributed by atoms with Crippen LogP contribution in [0.15, 0.2) is 30.3 Å².